The molecular weight excluding hydrogens is 272 g/mol. The maximum atomic E-state index is 6.27. The average molecular weight is 293 g/mol. The van der Waals surface area contributed by atoms with Gasteiger partial charge in [0.25, 0.3) is 0 Å². The van der Waals surface area contributed by atoms with Gasteiger partial charge in [-0.15, -0.1) is 11.6 Å². The van der Waals surface area contributed by atoms with Gasteiger partial charge in [0.1, 0.15) is 11.3 Å². The minimum absolute atomic E-state index is 0.0748. The van der Waals surface area contributed by atoms with Crippen molar-refractivity contribution in [2.75, 3.05) is 19.6 Å². The summed E-state index contributed by atoms with van der Waals surface area (Å²) in [5.41, 5.74) is 2.08. The number of alkyl halides is 1. The second kappa shape index (κ2) is 6.10. The van der Waals surface area contributed by atoms with E-state index in [1.807, 2.05) is 25.4 Å². The van der Waals surface area contributed by atoms with Crippen LogP contribution in [0.15, 0.2) is 18.5 Å². The SMILES string of the molecule is CC(Cl)c1nc2cnccc2n1CCCN1CCCC1. The van der Waals surface area contributed by atoms with Gasteiger partial charge in [-0.2, -0.15) is 0 Å². The predicted octanol–water partition coefficient (Wildman–Crippen LogP) is 3.22. The summed E-state index contributed by atoms with van der Waals surface area (Å²) in [5, 5.41) is -0.0748. The number of hydrogen-bond donors (Lipinski definition) is 0. The summed E-state index contributed by atoms with van der Waals surface area (Å²) in [6.45, 7) is 6.64. The zero-order chi connectivity index (χ0) is 13.9. The van der Waals surface area contributed by atoms with Gasteiger partial charge in [0.05, 0.1) is 17.1 Å². The molecule has 0 spiro atoms. The normalized spacial score (nSPS) is 17.9. The Morgan fingerprint density at radius 2 is 2.10 bits per heavy atom. The number of likely N-dealkylation sites (tertiary alicyclic amines) is 1. The average Bonchev–Trinajstić information content (AvgIpc) is 3.07. The molecule has 0 bridgehead atoms. The Bertz CT molecular complexity index is 572. The fourth-order valence-electron chi connectivity index (χ4n) is 3.00. The Kier molecular flexibility index (Phi) is 4.22. The van der Waals surface area contributed by atoms with Gasteiger partial charge in [-0.3, -0.25) is 4.98 Å². The first-order chi connectivity index (χ1) is 9.75. The van der Waals surface area contributed by atoms with Crippen molar-refractivity contribution in [3.8, 4) is 0 Å². The van der Waals surface area contributed by atoms with Crippen LogP contribution in [0.5, 0.6) is 0 Å². The van der Waals surface area contributed by atoms with E-state index in [2.05, 4.69) is 19.4 Å². The summed E-state index contributed by atoms with van der Waals surface area (Å²) in [6, 6.07) is 2.03. The first kappa shape index (κ1) is 13.8. The lowest BCUT2D eigenvalue weighted by atomic mass is 10.3. The van der Waals surface area contributed by atoms with E-state index in [0.29, 0.717) is 0 Å². The largest absolute Gasteiger partial charge is 0.327 e. The quantitative estimate of drug-likeness (QED) is 0.794. The van der Waals surface area contributed by atoms with Crippen molar-refractivity contribution in [1.29, 1.82) is 0 Å². The third kappa shape index (κ3) is 2.81. The van der Waals surface area contributed by atoms with E-state index in [0.717, 1.165) is 29.8 Å². The molecule has 0 amide bonds. The summed E-state index contributed by atoms with van der Waals surface area (Å²) < 4.78 is 2.25. The zero-order valence-electron chi connectivity index (χ0n) is 11.9. The summed E-state index contributed by atoms with van der Waals surface area (Å²) in [7, 11) is 0. The van der Waals surface area contributed by atoms with Gasteiger partial charge in [0, 0.05) is 12.7 Å². The molecule has 1 atom stereocenters. The van der Waals surface area contributed by atoms with Gasteiger partial charge < -0.3 is 9.47 Å². The standard InChI is InChI=1S/C15H21ClN4/c1-12(16)15-18-13-11-17-6-5-14(13)20(15)10-4-9-19-7-2-3-8-19/h5-6,11-12H,2-4,7-10H2,1H3. The van der Waals surface area contributed by atoms with Gasteiger partial charge in [-0.05, 0) is 51.9 Å². The molecule has 0 aliphatic carbocycles. The van der Waals surface area contributed by atoms with E-state index in [4.69, 9.17) is 11.6 Å². The molecule has 1 saturated heterocycles. The van der Waals surface area contributed by atoms with Crippen LogP contribution in [0.3, 0.4) is 0 Å². The van der Waals surface area contributed by atoms with Crippen LogP contribution in [-0.2, 0) is 6.54 Å². The van der Waals surface area contributed by atoms with Crippen molar-refractivity contribution in [3.63, 3.8) is 0 Å². The third-order valence-electron chi connectivity index (χ3n) is 3.99. The first-order valence-electron chi connectivity index (χ1n) is 7.42. The molecule has 1 unspecified atom stereocenters. The second-order valence-electron chi connectivity index (χ2n) is 5.50. The fourth-order valence-corrected chi connectivity index (χ4v) is 3.16. The van der Waals surface area contributed by atoms with Crippen LogP contribution in [-0.4, -0.2) is 39.1 Å². The Balaban J connectivity index is 1.76. The third-order valence-corrected chi connectivity index (χ3v) is 4.19. The molecule has 0 aromatic carbocycles. The maximum absolute atomic E-state index is 6.27. The molecule has 4 nitrogen and oxygen atoms in total. The monoisotopic (exact) mass is 292 g/mol. The van der Waals surface area contributed by atoms with Gasteiger partial charge >= 0.3 is 0 Å². The number of pyridine rings is 1. The highest BCUT2D eigenvalue weighted by molar-refractivity contribution is 6.20. The second-order valence-corrected chi connectivity index (χ2v) is 6.16. The van der Waals surface area contributed by atoms with Crippen LogP contribution in [0, 0.1) is 0 Å². The smallest absolute Gasteiger partial charge is 0.127 e. The van der Waals surface area contributed by atoms with Crippen molar-refractivity contribution >= 4 is 22.6 Å². The number of imidazole rings is 1. The number of rotatable bonds is 5. The molecule has 2 aromatic heterocycles. The highest BCUT2D eigenvalue weighted by Crippen LogP contribution is 2.24. The first-order valence-corrected chi connectivity index (χ1v) is 7.86. The molecule has 0 radical (unpaired) electrons. The topological polar surface area (TPSA) is 34.0 Å². The molecule has 2 aromatic rings. The van der Waals surface area contributed by atoms with E-state index in [-0.39, 0.29) is 5.38 Å². The van der Waals surface area contributed by atoms with Crippen LogP contribution < -0.4 is 0 Å². The number of aryl methyl sites for hydroxylation is 1. The highest BCUT2D eigenvalue weighted by Gasteiger charge is 2.16. The number of hydrogen-bond acceptors (Lipinski definition) is 3. The van der Waals surface area contributed by atoms with Gasteiger partial charge in [0.15, 0.2) is 0 Å². The molecule has 3 rings (SSSR count). The molecular formula is C15H21ClN4. The molecule has 1 fully saturated rings. The van der Waals surface area contributed by atoms with Crippen LogP contribution in [0.25, 0.3) is 11.0 Å². The Hall–Kier alpha value is -1.13. The van der Waals surface area contributed by atoms with Crippen LogP contribution in [0.1, 0.15) is 37.4 Å². The molecule has 108 valence electrons. The Labute approximate surface area is 124 Å². The number of aromatic nitrogens is 3. The van der Waals surface area contributed by atoms with E-state index < -0.39 is 0 Å². The van der Waals surface area contributed by atoms with E-state index in [1.54, 1.807) is 0 Å². The number of halogens is 1. The summed E-state index contributed by atoms with van der Waals surface area (Å²) in [6.07, 6.45) is 7.48. The van der Waals surface area contributed by atoms with Crippen molar-refractivity contribution in [2.24, 2.45) is 0 Å². The zero-order valence-corrected chi connectivity index (χ0v) is 12.7. The van der Waals surface area contributed by atoms with Gasteiger partial charge in [-0.1, -0.05) is 0 Å². The minimum Gasteiger partial charge on any atom is -0.327 e. The molecule has 0 saturated carbocycles. The molecule has 5 heteroatoms. The number of nitrogens with zero attached hydrogens (tertiary/aromatic N) is 4. The van der Waals surface area contributed by atoms with E-state index in [1.165, 1.54) is 32.5 Å². The fraction of sp³-hybridized carbons (Fsp3) is 0.600. The van der Waals surface area contributed by atoms with E-state index >= 15 is 0 Å². The molecule has 0 N–H and O–H groups in total. The maximum Gasteiger partial charge on any atom is 0.127 e. The molecule has 1 aliphatic heterocycles. The van der Waals surface area contributed by atoms with Crippen molar-refractivity contribution < 1.29 is 0 Å². The molecule has 3 heterocycles. The highest BCUT2D eigenvalue weighted by atomic mass is 35.5. The summed E-state index contributed by atoms with van der Waals surface area (Å²) in [5.74, 6) is 0.955. The van der Waals surface area contributed by atoms with Crippen molar-refractivity contribution in [3.05, 3.63) is 24.3 Å². The summed E-state index contributed by atoms with van der Waals surface area (Å²) >= 11 is 6.27. The number of fused-ring (bicyclic) bond motifs is 1. The lowest BCUT2D eigenvalue weighted by Gasteiger charge is -2.16. The van der Waals surface area contributed by atoms with Gasteiger partial charge in [0.2, 0.25) is 0 Å². The van der Waals surface area contributed by atoms with E-state index in [9.17, 15) is 0 Å². The Morgan fingerprint density at radius 1 is 1.30 bits per heavy atom. The lowest BCUT2D eigenvalue weighted by molar-refractivity contribution is 0.325. The Morgan fingerprint density at radius 3 is 2.85 bits per heavy atom. The van der Waals surface area contributed by atoms with Crippen molar-refractivity contribution in [1.82, 2.24) is 19.4 Å². The minimum atomic E-state index is -0.0748. The lowest BCUT2D eigenvalue weighted by Crippen LogP contribution is -2.21. The predicted molar refractivity (Wildman–Crippen MR) is 82.1 cm³/mol. The van der Waals surface area contributed by atoms with Crippen LogP contribution in [0.4, 0.5) is 0 Å². The van der Waals surface area contributed by atoms with Crippen LogP contribution in [0.2, 0.25) is 0 Å². The van der Waals surface area contributed by atoms with Crippen molar-refractivity contribution in [2.45, 2.75) is 38.1 Å². The molecule has 1 aliphatic rings. The van der Waals surface area contributed by atoms with Crippen LogP contribution >= 0.6 is 11.6 Å². The molecule has 20 heavy (non-hydrogen) atoms. The van der Waals surface area contributed by atoms with Gasteiger partial charge in [-0.25, -0.2) is 4.98 Å². The summed E-state index contributed by atoms with van der Waals surface area (Å²) in [4.78, 5) is 11.3.